The van der Waals surface area contributed by atoms with Gasteiger partial charge < -0.3 is 9.85 Å². The van der Waals surface area contributed by atoms with Gasteiger partial charge in [0.1, 0.15) is 0 Å². The molecule has 1 aliphatic carbocycles. The van der Waals surface area contributed by atoms with Crippen molar-refractivity contribution < 1.29 is 8.91 Å². The Balaban J connectivity index is 2.21. The average molecular weight is 464 g/mol. The van der Waals surface area contributed by atoms with Gasteiger partial charge in [-0.05, 0) is 108 Å². The Bertz CT molecular complexity index is 1210. The summed E-state index contributed by atoms with van der Waals surface area (Å²) in [5.41, 5.74) is 16.8. The van der Waals surface area contributed by atoms with Crippen LogP contribution in [0.1, 0.15) is 65.9 Å². The van der Waals surface area contributed by atoms with Gasteiger partial charge in [0.2, 0.25) is 22.5 Å². The van der Waals surface area contributed by atoms with Crippen LogP contribution in [0.15, 0.2) is 17.7 Å². The zero-order valence-corrected chi connectivity index (χ0v) is 23.3. The number of hydrogen-bond acceptors (Lipinski definition) is 2. The van der Waals surface area contributed by atoms with E-state index in [-0.39, 0.29) is 11.3 Å². The number of fused-ring (bicyclic) bond motifs is 3. The average Bonchev–Trinajstić information content (AvgIpc) is 2.97. The Morgan fingerprint density at radius 2 is 1.56 bits per heavy atom. The van der Waals surface area contributed by atoms with E-state index < -0.39 is 16.6 Å². The number of hydrogen-bond donors (Lipinski definition) is 1. The highest BCUT2D eigenvalue weighted by Gasteiger charge is 2.47. The first-order valence-electron chi connectivity index (χ1n) is 11.6. The van der Waals surface area contributed by atoms with Gasteiger partial charge in [-0.25, -0.2) is 0 Å². The summed E-state index contributed by atoms with van der Waals surface area (Å²) in [5, 5.41) is 2.45. The van der Waals surface area contributed by atoms with Gasteiger partial charge in [-0.1, -0.05) is 44.6 Å². The number of allylic oxidation sites excluding steroid dienone is 1. The third-order valence-electron chi connectivity index (χ3n) is 7.24. The van der Waals surface area contributed by atoms with Crippen molar-refractivity contribution in [1.29, 1.82) is 0 Å². The SMILES string of the molecule is CC1=Cc2cc(C(C)(C)C)cc(-c3c(C)c4c(C)c(c3C(N)=O)[Si](C)(C)O[Si]4(C)C)c2C1. The number of carbonyl (C=O) groups excluding carboxylic acids is 1. The Hall–Kier alpha value is -1.96. The molecular formula is C27H37NO2Si2. The van der Waals surface area contributed by atoms with Crippen molar-refractivity contribution >= 4 is 39.0 Å². The molecule has 5 heteroatoms. The van der Waals surface area contributed by atoms with E-state index in [4.69, 9.17) is 9.85 Å². The number of amides is 1. The zero-order valence-electron chi connectivity index (χ0n) is 21.3. The summed E-state index contributed by atoms with van der Waals surface area (Å²) >= 11 is 0. The molecular weight excluding hydrogens is 426 g/mol. The minimum atomic E-state index is -2.29. The molecule has 170 valence electrons. The smallest absolute Gasteiger partial charge is 0.249 e. The fourth-order valence-electron chi connectivity index (χ4n) is 6.28. The van der Waals surface area contributed by atoms with Gasteiger partial charge in [-0.2, -0.15) is 0 Å². The Kier molecular flexibility index (Phi) is 5.09. The molecule has 1 aliphatic heterocycles. The molecule has 0 radical (unpaired) electrons. The van der Waals surface area contributed by atoms with Crippen LogP contribution in [0.2, 0.25) is 26.2 Å². The third kappa shape index (κ3) is 3.37. The Morgan fingerprint density at radius 3 is 2.12 bits per heavy atom. The van der Waals surface area contributed by atoms with Crippen molar-refractivity contribution in [3.63, 3.8) is 0 Å². The van der Waals surface area contributed by atoms with Crippen LogP contribution in [0.25, 0.3) is 17.2 Å². The summed E-state index contributed by atoms with van der Waals surface area (Å²) in [6.45, 7) is 22.4. The monoisotopic (exact) mass is 463 g/mol. The molecule has 0 spiro atoms. The highest BCUT2D eigenvalue weighted by atomic mass is 28.4. The highest BCUT2D eigenvalue weighted by Crippen LogP contribution is 2.42. The minimum absolute atomic E-state index is 0.00743. The van der Waals surface area contributed by atoms with Crippen molar-refractivity contribution in [3.8, 4) is 11.1 Å². The van der Waals surface area contributed by atoms with Crippen molar-refractivity contribution in [2.75, 3.05) is 0 Å². The van der Waals surface area contributed by atoms with E-state index in [1.54, 1.807) is 0 Å². The number of primary amides is 1. The largest absolute Gasteiger partial charge is 0.449 e. The lowest BCUT2D eigenvalue weighted by Crippen LogP contribution is -2.67. The number of nitrogens with two attached hydrogens (primary N) is 1. The molecule has 2 aromatic carbocycles. The number of rotatable bonds is 2. The lowest BCUT2D eigenvalue weighted by molar-refractivity contribution is 0.100. The van der Waals surface area contributed by atoms with Crippen molar-refractivity contribution in [3.05, 3.63) is 51.1 Å². The summed E-state index contributed by atoms with van der Waals surface area (Å²) in [6.07, 6.45) is 3.22. The molecule has 0 atom stereocenters. The first kappa shape index (κ1) is 23.2. The predicted molar refractivity (Wildman–Crippen MR) is 141 cm³/mol. The fraction of sp³-hybridized carbons (Fsp3) is 0.444. The number of benzene rings is 2. The van der Waals surface area contributed by atoms with Gasteiger partial charge >= 0.3 is 0 Å². The second-order valence-electron chi connectivity index (χ2n) is 11.7. The zero-order chi connectivity index (χ0) is 24.0. The molecule has 2 N–H and O–H groups in total. The molecule has 2 bridgehead atoms. The maximum absolute atomic E-state index is 13.1. The quantitative estimate of drug-likeness (QED) is 0.624. The lowest BCUT2D eigenvalue weighted by atomic mass is 9.80. The van der Waals surface area contributed by atoms with Crippen LogP contribution in [0.4, 0.5) is 0 Å². The van der Waals surface area contributed by atoms with E-state index in [0.717, 1.165) is 17.2 Å². The first-order valence-corrected chi connectivity index (χ1v) is 17.4. The molecule has 3 nitrogen and oxygen atoms in total. The van der Waals surface area contributed by atoms with Crippen LogP contribution in [0.3, 0.4) is 0 Å². The van der Waals surface area contributed by atoms with Crippen LogP contribution in [-0.2, 0) is 16.0 Å². The van der Waals surface area contributed by atoms with Crippen LogP contribution in [0, 0.1) is 13.8 Å². The molecule has 0 unspecified atom stereocenters. The van der Waals surface area contributed by atoms with E-state index in [1.807, 2.05) is 0 Å². The molecule has 0 saturated heterocycles. The van der Waals surface area contributed by atoms with E-state index in [2.05, 4.69) is 85.9 Å². The molecule has 0 fully saturated rings. The van der Waals surface area contributed by atoms with Crippen molar-refractivity contribution in [2.24, 2.45) is 5.73 Å². The summed E-state index contributed by atoms with van der Waals surface area (Å²) in [4.78, 5) is 13.1. The molecule has 2 aliphatic rings. The van der Waals surface area contributed by atoms with Crippen molar-refractivity contribution in [1.82, 2.24) is 0 Å². The second kappa shape index (κ2) is 7.02. The van der Waals surface area contributed by atoms with E-state index >= 15 is 0 Å². The fourth-order valence-corrected chi connectivity index (χ4v) is 16.3. The van der Waals surface area contributed by atoms with Crippen LogP contribution in [-0.4, -0.2) is 22.5 Å². The first-order chi connectivity index (χ1) is 14.6. The van der Waals surface area contributed by atoms with E-state index in [1.165, 1.54) is 44.1 Å². The highest BCUT2D eigenvalue weighted by molar-refractivity contribution is 7.00. The van der Waals surface area contributed by atoms with Gasteiger partial charge in [-0.3, -0.25) is 4.79 Å². The molecule has 1 heterocycles. The third-order valence-corrected chi connectivity index (χ3v) is 15.1. The molecule has 1 amide bonds. The second-order valence-corrected chi connectivity index (χ2v) is 19.6. The maximum Gasteiger partial charge on any atom is 0.249 e. The molecule has 0 saturated carbocycles. The van der Waals surface area contributed by atoms with Crippen LogP contribution in [0.5, 0.6) is 0 Å². The summed E-state index contributed by atoms with van der Waals surface area (Å²) in [7, 11) is -4.41. The Labute approximate surface area is 195 Å². The standard InChI is InChI=1S/C27H37NO2Si2/c1-15-11-18-13-19(27(4,5)6)14-21(20(18)12-15)22-16(2)24-17(3)25(23(22)26(28)29)32(9,10)30-31(24,7)8/h11,13-14H,12H2,1-10H3,(H2,28,29). The number of carbonyl (C=O) groups is 1. The van der Waals surface area contributed by atoms with E-state index in [9.17, 15) is 4.79 Å². The normalized spacial score (nSPS) is 18.4. The van der Waals surface area contributed by atoms with Gasteiger partial charge in [0.05, 0.1) is 0 Å². The van der Waals surface area contributed by atoms with Crippen molar-refractivity contribution in [2.45, 2.75) is 79.6 Å². The summed E-state index contributed by atoms with van der Waals surface area (Å²) in [5.74, 6) is -0.337. The minimum Gasteiger partial charge on any atom is -0.449 e. The summed E-state index contributed by atoms with van der Waals surface area (Å²) in [6, 6.07) is 4.66. The molecule has 4 rings (SSSR count). The van der Waals surface area contributed by atoms with E-state index in [0.29, 0.717) is 5.56 Å². The maximum atomic E-state index is 13.1. The molecule has 2 aromatic rings. The lowest BCUT2D eigenvalue weighted by Gasteiger charge is -2.44. The van der Waals surface area contributed by atoms with Crippen LogP contribution >= 0.6 is 0 Å². The summed E-state index contributed by atoms with van der Waals surface area (Å²) < 4.78 is 6.83. The Morgan fingerprint density at radius 1 is 0.969 bits per heavy atom. The van der Waals surface area contributed by atoms with Crippen LogP contribution < -0.4 is 16.1 Å². The predicted octanol–water partition coefficient (Wildman–Crippen LogP) is 5.18. The van der Waals surface area contributed by atoms with Gasteiger partial charge in [-0.15, -0.1) is 0 Å². The molecule has 32 heavy (non-hydrogen) atoms. The van der Waals surface area contributed by atoms with Gasteiger partial charge in [0, 0.05) is 5.56 Å². The van der Waals surface area contributed by atoms with Gasteiger partial charge in [0.25, 0.3) is 0 Å². The topological polar surface area (TPSA) is 52.3 Å². The molecule has 0 aromatic heterocycles. The van der Waals surface area contributed by atoms with Gasteiger partial charge in [0.15, 0.2) is 0 Å².